The molecule has 0 radical (unpaired) electrons. The molecule has 0 unspecified atom stereocenters. The van der Waals surface area contributed by atoms with Gasteiger partial charge in [-0.05, 0) is 23.5 Å². The molecule has 2 nitrogen and oxygen atoms in total. The van der Waals surface area contributed by atoms with Gasteiger partial charge in [0.1, 0.15) is 0 Å². The lowest BCUT2D eigenvalue weighted by Gasteiger charge is -2.07. The second-order valence-electron chi connectivity index (χ2n) is 4.05. The van der Waals surface area contributed by atoms with Crippen LogP contribution in [0.5, 0.6) is 0 Å². The summed E-state index contributed by atoms with van der Waals surface area (Å²) in [6.45, 7) is 6.44. The molecule has 0 fully saturated rings. The van der Waals surface area contributed by atoms with Crippen LogP contribution in [-0.4, -0.2) is 19.8 Å². The van der Waals surface area contributed by atoms with Gasteiger partial charge in [0.15, 0.2) is 0 Å². The maximum atomic E-state index is 5.34. The summed E-state index contributed by atoms with van der Waals surface area (Å²) in [6, 6.07) is 8.76. The van der Waals surface area contributed by atoms with Crippen LogP contribution in [0, 0.1) is 0 Å². The number of benzene rings is 1. The van der Waals surface area contributed by atoms with Crippen molar-refractivity contribution in [3.63, 3.8) is 0 Å². The monoisotopic (exact) mass is 207 g/mol. The third-order valence-electron chi connectivity index (χ3n) is 2.44. The molecule has 0 amide bonds. The van der Waals surface area contributed by atoms with Crippen LogP contribution in [0.15, 0.2) is 24.3 Å². The molecule has 0 aliphatic heterocycles. The van der Waals surface area contributed by atoms with E-state index in [1.54, 1.807) is 0 Å². The largest absolute Gasteiger partial charge is 0.380 e. The fourth-order valence-electron chi connectivity index (χ4n) is 1.44. The molecule has 84 valence electrons. The lowest BCUT2D eigenvalue weighted by molar-refractivity contribution is 0.145. The molecule has 15 heavy (non-hydrogen) atoms. The van der Waals surface area contributed by atoms with Gasteiger partial charge in [0.25, 0.3) is 0 Å². The molecular weight excluding hydrogens is 186 g/mol. The summed E-state index contributed by atoms with van der Waals surface area (Å²) in [6.07, 6.45) is 0.971. The van der Waals surface area contributed by atoms with Gasteiger partial charge in [-0.3, -0.25) is 0 Å². The highest BCUT2D eigenvalue weighted by atomic mass is 16.5. The second kappa shape index (κ2) is 6.59. The van der Waals surface area contributed by atoms with Gasteiger partial charge < -0.3 is 10.5 Å². The first-order chi connectivity index (χ1) is 7.24. The molecule has 2 N–H and O–H groups in total. The Balaban J connectivity index is 2.36. The van der Waals surface area contributed by atoms with Crippen molar-refractivity contribution in [1.29, 1.82) is 0 Å². The van der Waals surface area contributed by atoms with Gasteiger partial charge in [0.2, 0.25) is 0 Å². The Labute approximate surface area is 92.4 Å². The van der Waals surface area contributed by atoms with Gasteiger partial charge in [-0.1, -0.05) is 38.1 Å². The number of nitrogens with two attached hydrogens (primary N) is 1. The predicted molar refractivity (Wildman–Crippen MR) is 64.1 cm³/mol. The van der Waals surface area contributed by atoms with Crippen molar-refractivity contribution >= 4 is 0 Å². The van der Waals surface area contributed by atoms with Crippen molar-refractivity contribution < 1.29 is 4.74 Å². The SMILES string of the molecule is CC(C)c1ccc(CCOCCN)cc1. The standard InChI is InChI=1S/C13H21NO/c1-11(2)13-5-3-12(4-6-13)7-9-15-10-8-14/h3-6,11H,7-10,14H2,1-2H3. The number of rotatable bonds is 6. The van der Waals surface area contributed by atoms with E-state index in [1.165, 1.54) is 11.1 Å². The molecule has 1 rings (SSSR count). The third kappa shape index (κ3) is 4.45. The number of hydrogen-bond acceptors (Lipinski definition) is 2. The molecular formula is C13H21NO. The summed E-state index contributed by atoms with van der Waals surface area (Å²) in [5.74, 6) is 0.604. The number of hydrogen-bond donors (Lipinski definition) is 1. The van der Waals surface area contributed by atoms with Crippen LogP contribution >= 0.6 is 0 Å². The molecule has 0 aliphatic carbocycles. The minimum absolute atomic E-state index is 0.603. The van der Waals surface area contributed by atoms with Crippen molar-refractivity contribution in [1.82, 2.24) is 0 Å². The summed E-state index contributed by atoms with van der Waals surface area (Å²) in [5.41, 5.74) is 8.06. The van der Waals surface area contributed by atoms with Gasteiger partial charge in [0.05, 0.1) is 13.2 Å². The van der Waals surface area contributed by atoms with Crippen LogP contribution in [0.1, 0.15) is 30.9 Å². The maximum Gasteiger partial charge on any atom is 0.0588 e. The maximum absolute atomic E-state index is 5.34. The van der Waals surface area contributed by atoms with E-state index in [0.29, 0.717) is 19.1 Å². The van der Waals surface area contributed by atoms with Crippen LogP contribution in [0.25, 0.3) is 0 Å². The molecule has 0 spiro atoms. The number of ether oxygens (including phenoxy) is 1. The van der Waals surface area contributed by atoms with Crippen molar-refractivity contribution in [3.8, 4) is 0 Å². The van der Waals surface area contributed by atoms with Crippen LogP contribution in [-0.2, 0) is 11.2 Å². The van der Waals surface area contributed by atoms with Crippen LogP contribution < -0.4 is 5.73 Å². The molecule has 0 saturated heterocycles. The summed E-state index contributed by atoms with van der Waals surface area (Å²) in [5, 5.41) is 0. The Morgan fingerprint density at radius 3 is 2.33 bits per heavy atom. The fraction of sp³-hybridized carbons (Fsp3) is 0.538. The van der Waals surface area contributed by atoms with Crippen molar-refractivity contribution in [2.24, 2.45) is 5.73 Å². The van der Waals surface area contributed by atoms with Crippen molar-refractivity contribution in [2.75, 3.05) is 19.8 Å². The van der Waals surface area contributed by atoms with Gasteiger partial charge in [-0.25, -0.2) is 0 Å². The van der Waals surface area contributed by atoms with E-state index in [0.717, 1.165) is 13.0 Å². The minimum Gasteiger partial charge on any atom is -0.380 e. The van der Waals surface area contributed by atoms with E-state index in [9.17, 15) is 0 Å². The summed E-state index contributed by atoms with van der Waals surface area (Å²) in [4.78, 5) is 0. The molecule has 0 heterocycles. The Hall–Kier alpha value is -0.860. The van der Waals surface area contributed by atoms with Crippen LogP contribution in [0.4, 0.5) is 0 Å². The quantitative estimate of drug-likeness (QED) is 0.727. The molecule has 0 aliphatic rings. The van der Waals surface area contributed by atoms with E-state index in [4.69, 9.17) is 10.5 Å². The molecule has 0 atom stereocenters. The molecule has 0 bridgehead atoms. The zero-order chi connectivity index (χ0) is 11.1. The second-order valence-corrected chi connectivity index (χ2v) is 4.05. The van der Waals surface area contributed by atoms with E-state index in [2.05, 4.69) is 38.1 Å². The smallest absolute Gasteiger partial charge is 0.0588 e. The predicted octanol–water partition coefficient (Wildman–Crippen LogP) is 2.33. The van der Waals surface area contributed by atoms with Gasteiger partial charge in [-0.2, -0.15) is 0 Å². The molecule has 0 saturated carbocycles. The Morgan fingerprint density at radius 2 is 1.80 bits per heavy atom. The van der Waals surface area contributed by atoms with Gasteiger partial charge in [-0.15, -0.1) is 0 Å². The first-order valence-corrected chi connectivity index (χ1v) is 5.60. The Bertz CT molecular complexity index is 266. The highest BCUT2D eigenvalue weighted by molar-refractivity contribution is 5.24. The Kier molecular flexibility index (Phi) is 5.37. The molecule has 1 aromatic rings. The molecule has 1 aromatic carbocycles. The third-order valence-corrected chi connectivity index (χ3v) is 2.44. The zero-order valence-corrected chi connectivity index (χ0v) is 9.70. The topological polar surface area (TPSA) is 35.2 Å². The van der Waals surface area contributed by atoms with E-state index >= 15 is 0 Å². The minimum atomic E-state index is 0.603. The van der Waals surface area contributed by atoms with Gasteiger partial charge in [0, 0.05) is 6.54 Å². The lowest BCUT2D eigenvalue weighted by Crippen LogP contribution is -2.10. The first-order valence-electron chi connectivity index (χ1n) is 5.60. The van der Waals surface area contributed by atoms with Gasteiger partial charge >= 0.3 is 0 Å². The fourth-order valence-corrected chi connectivity index (χ4v) is 1.44. The average molecular weight is 207 g/mol. The van der Waals surface area contributed by atoms with Crippen molar-refractivity contribution in [3.05, 3.63) is 35.4 Å². The van der Waals surface area contributed by atoms with Crippen LogP contribution in [0.2, 0.25) is 0 Å². The highest BCUT2D eigenvalue weighted by Gasteiger charge is 1.98. The van der Waals surface area contributed by atoms with E-state index in [-0.39, 0.29) is 0 Å². The first kappa shape index (κ1) is 12.2. The summed E-state index contributed by atoms with van der Waals surface area (Å²) >= 11 is 0. The lowest BCUT2D eigenvalue weighted by atomic mass is 10.0. The average Bonchev–Trinajstić information content (AvgIpc) is 2.25. The molecule has 2 heteroatoms. The zero-order valence-electron chi connectivity index (χ0n) is 9.70. The molecule has 0 aromatic heterocycles. The highest BCUT2D eigenvalue weighted by Crippen LogP contribution is 2.14. The van der Waals surface area contributed by atoms with Crippen molar-refractivity contribution in [2.45, 2.75) is 26.2 Å². The summed E-state index contributed by atoms with van der Waals surface area (Å²) < 4.78 is 5.34. The normalized spacial score (nSPS) is 10.9. The van der Waals surface area contributed by atoms with E-state index in [1.807, 2.05) is 0 Å². The Morgan fingerprint density at radius 1 is 1.13 bits per heavy atom. The van der Waals surface area contributed by atoms with E-state index < -0.39 is 0 Å². The summed E-state index contributed by atoms with van der Waals surface area (Å²) in [7, 11) is 0. The van der Waals surface area contributed by atoms with Crippen LogP contribution in [0.3, 0.4) is 0 Å².